The molecule has 0 bridgehead atoms. The summed E-state index contributed by atoms with van der Waals surface area (Å²) in [6.45, 7) is 3.62. The maximum atomic E-state index is 13.6. The molecule has 1 atom stereocenters. The Balaban J connectivity index is 0.000000142. The van der Waals surface area contributed by atoms with Gasteiger partial charge in [-0.25, -0.2) is 26.5 Å². The van der Waals surface area contributed by atoms with Gasteiger partial charge in [-0.15, -0.1) is 0 Å². The fourth-order valence-corrected chi connectivity index (χ4v) is 17.3. The number of fused-ring (bicyclic) bond motifs is 2. The number of hydrogen-bond acceptors (Lipinski definition) is 18. The van der Waals surface area contributed by atoms with E-state index in [0.29, 0.717) is 71.8 Å². The standard InChI is InChI=1S/C29H33N3O5S.C27H29N3O5S.C27H26N2O4/c1-37-24-13-11-22(12-14-24)29(17-2-3-18-29)28(34)31-27-8-4-7-26(30-27)21-9-15-25(16-10-21)38(35,36)32-19-5-6-23(32)20-33;1-30(2)15-14-28-36(32,33)22-9-6-19(7-10-22)23-5-3-4-21(29-23)17-26(31)27(12-13-27)20-8-11-24-25(16-20)35-18-34-24;1-17-11-21(28-15-22(17)18-5-4-6-19(12-18)26(31)29(2)3)14-25(30)27(9-10-27)20-7-8-23-24(13-20)33-16-32-23/h4,7-16,23,33H,2-3,5-6,17-20H2,1H3,(H,30,31,34);3-11,16,28H,12-15,17-18H2,1-2H3;4-8,11-13,15H,9-10,14,16H2,1-3H3/t23-;;/m1../s1. The van der Waals surface area contributed by atoms with Crippen LogP contribution in [-0.4, -0.2) is 156 Å². The van der Waals surface area contributed by atoms with Gasteiger partial charge in [-0.3, -0.25) is 29.1 Å². The topological polar surface area (TPSA) is 275 Å². The van der Waals surface area contributed by atoms with Crippen molar-refractivity contribution in [2.24, 2.45) is 0 Å². The number of benzene rings is 6. The SMILES string of the molecule is CN(C)CCNS(=O)(=O)c1ccc(-c2cccc(CC(=O)C3(c4ccc5c(c4)OCO5)CC3)n2)cc1.COc1ccc(C2(C(=O)Nc3cccc(-c4ccc(S(=O)(=O)N5CCC[C@@H]5CO)cc4)n3)CCCC2)cc1.Cc1cc(CC(=O)C2(c3ccc4c(c3)OCO4)CC2)ncc1-c1cccc(C(=O)N(C)C)c1. The summed E-state index contributed by atoms with van der Waals surface area (Å²) in [6.07, 6.45) is 10.5. The summed E-state index contributed by atoms with van der Waals surface area (Å²) in [5.41, 5.74) is 9.22. The first kappa shape index (κ1) is 75.0. The molecule has 3 N–H and O–H groups in total. The van der Waals surface area contributed by atoms with Gasteiger partial charge in [0.2, 0.25) is 39.5 Å². The fourth-order valence-electron chi connectivity index (χ4n) is 14.6. The number of aryl methyl sites for hydroxylation is 1. The van der Waals surface area contributed by atoms with Gasteiger partial charge < -0.3 is 43.9 Å². The van der Waals surface area contributed by atoms with E-state index in [1.54, 1.807) is 86.9 Å². The van der Waals surface area contributed by atoms with E-state index >= 15 is 0 Å². The van der Waals surface area contributed by atoms with Crippen LogP contribution in [0.5, 0.6) is 28.7 Å². The van der Waals surface area contributed by atoms with Gasteiger partial charge in [0.1, 0.15) is 23.1 Å². The lowest BCUT2D eigenvalue weighted by atomic mass is 9.78. The first-order valence-corrected chi connectivity index (χ1v) is 39.0. The van der Waals surface area contributed by atoms with Gasteiger partial charge in [-0.05, 0) is 203 Å². The molecule has 4 fully saturated rings. The number of carbonyl (C=O) groups excluding carboxylic acids is 4. The van der Waals surface area contributed by atoms with Crippen molar-refractivity contribution in [3.8, 4) is 62.4 Å². The van der Waals surface area contributed by atoms with Crippen molar-refractivity contribution in [1.82, 2.24) is 33.8 Å². The molecule has 24 heteroatoms. The Hall–Kier alpha value is -10.2. The molecule has 0 unspecified atom stereocenters. The zero-order chi connectivity index (χ0) is 75.3. The van der Waals surface area contributed by atoms with E-state index in [-0.39, 0.29) is 72.2 Å². The molecule has 0 radical (unpaired) electrons. The van der Waals surface area contributed by atoms with Gasteiger partial charge in [0.05, 0.1) is 51.1 Å². The molecule has 0 spiro atoms. The number of amides is 2. The van der Waals surface area contributed by atoms with Crippen LogP contribution in [0.25, 0.3) is 33.6 Å². The van der Waals surface area contributed by atoms with Crippen LogP contribution in [0.3, 0.4) is 0 Å². The van der Waals surface area contributed by atoms with Crippen LogP contribution in [-0.2, 0) is 63.5 Å². The van der Waals surface area contributed by atoms with Gasteiger partial charge in [0, 0.05) is 92.5 Å². The highest BCUT2D eigenvalue weighted by Crippen LogP contribution is 2.53. The van der Waals surface area contributed by atoms with Crippen LogP contribution in [0.1, 0.15) is 108 Å². The average molecular weight is 1490 g/mol. The molecule has 22 nitrogen and oxygen atoms in total. The molecule has 3 saturated carbocycles. The number of nitrogens with one attached hydrogen (secondary N) is 2. The van der Waals surface area contributed by atoms with Gasteiger partial charge >= 0.3 is 0 Å². The van der Waals surface area contributed by atoms with E-state index in [1.807, 2.05) is 147 Å². The first-order valence-electron chi connectivity index (χ1n) is 36.0. The van der Waals surface area contributed by atoms with Gasteiger partial charge in [0.15, 0.2) is 23.0 Å². The highest BCUT2D eigenvalue weighted by molar-refractivity contribution is 7.89. The second-order valence-electron chi connectivity index (χ2n) is 28.5. The van der Waals surface area contributed by atoms with Crippen molar-refractivity contribution in [2.75, 3.05) is 80.4 Å². The maximum absolute atomic E-state index is 13.6. The largest absolute Gasteiger partial charge is 0.497 e. The number of Topliss-reactive ketones (excluding diaryl/α,β-unsaturated/α-hetero) is 2. The predicted molar refractivity (Wildman–Crippen MR) is 406 cm³/mol. The summed E-state index contributed by atoms with van der Waals surface area (Å²) >= 11 is 0. The Morgan fingerprint density at radius 1 is 0.589 bits per heavy atom. The molecule has 15 rings (SSSR count). The minimum atomic E-state index is -3.68. The van der Waals surface area contributed by atoms with Crippen LogP contribution < -0.4 is 33.7 Å². The highest BCUT2D eigenvalue weighted by atomic mass is 32.2. The van der Waals surface area contributed by atoms with Gasteiger partial charge in [-0.2, -0.15) is 4.31 Å². The number of nitrogens with zero attached hydrogens (tertiary/aromatic N) is 6. The van der Waals surface area contributed by atoms with Crippen molar-refractivity contribution in [3.63, 3.8) is 0 Å². The molecule has 3 aliphatic carbocycles. The van der Waals surface area contributed by atoms with Gasteiger partial charge in [-0.1, -0.05) is 85.6 Å². The number of carbonyl (C=O) groups is 4. The third-order valence-corrected chi connectivity index (χ3v) is 24.5. The minimum absolute atomic E-state index is 0.0390. The number of aliphatic hydroxyl groups excluding tert-OH is 1. The van der Waals surface area contributed by atoms with Crippen LogP contribution in [0, 0.1) is 6.92 Å². The molecule has 3 aliphatic heterocycles. The van der Waals surface area contributed by atoms with Crippen molar-refractivity contribution >= 4 is 49.2 Å². The summed E-state index contributed by atoms with van der Waals surface area (Å²) in [5.74, 6) is 4.24. The molecule has 6 heterocycles. The van der Waals surface area contributed by atoms with Gasteiger partial charge in [0.25, 0.3) is 5.91 Å². The number of hydrogen-bond donors (Lipinski definition) is 3. The Morgan fingerprint density at radius 3 is 1.72 bits per heavy atom. The smallest absolute Gasteiger partial charge is 0.253 e. The Bertz CT molecular complexity index is 5020. The summed E-state index contributed by atoms with van der Waals surface area (Å²) in [4.78, 5) is 70.4. The lowest BCUT2D eigenvalue weighted by molar-refractivity contribution is -0.122. The summed E-state index contributed by atoms with van der Waals surface area (Å²) in [7, 11) is 1.62. The van der Waals surface area contributed by atoms with Crippen LogP contribution in [0.2, 0.25) is 0 Å². The molecule has 9 aromatic rings. The molecule has 6 aliphatic rings. The number of rotatable bonds is 24. The quantitative estimate of drug-likeness (QED) is 0.0507. The van der Waals surface area contributed by atoms with E-state index in [9.17, 15) is 41.1 Å². The van der Waals surface area contributed by atoms with Crippen molar-refractivity contribution in [2.45, 2.75) is 116 Å². The normalized spacial score (nSPS) is 16.9. The number of methoxy groups -OCH3 is 1. The highest BCUT2D eigenvalue weighted by Gasteiger charge is 2.52. The lowest BCUT2D eigenvalue weighted by Gasteiger charge is -2.28. The van der Waals surface area contributed by atoms with E-state index in [1.165, 1.54) is 4.31 Å². The summed E-state index contributed by atoms with van der Waals surface area (Å²) in [6, 6.07) is 52.6. The maximum Gasteiger partial charge on any atom is 0.253 e. The molecule has 6 aromatic carbocycles. The molecule has 556 valence electrons. The molecule has 3 aromatic heterocycles. The Morgan fingerprint density at radius 2 is 1.15 bits per heavy atom. The van der Waals surface area contributed by atoms with Crippen LogP contribution >= 0.6 is 0 Å². The number of anilines is 1. The molecular formula is C83H88N8O14S2. The number of likely N-dealkylation sites (N-methyl/N-ethyl adjacent to an activating group) is 1. The lowest BCUT2D eigenvalue weighted by Crippen LogP contribution is -2.38. The average Bonchev–Trinajstić information content (AvgIpc) is 1.60. The first-order chi connectivity index (χ1) is 51.5. The Kier molecular flexibility index (Phi) is 22.2. The molecule has 1 saturated heterocycles. The minimum Gasteiger partial charge on any atom is -0.497 e. The zero-order valence-corrected chi connectivity index (χ0v) is 62.5. The predicted octanol–water partition coefficient (Wildman–Crippen LogP) is 11.8. The third kappa shape index (κ3) is 16.4. The fraction of sp³-hybridized carbons (Fsp3) is 0.337. The van der Waals surface area contributed by atoms with E-state index in [4.69, 9.17) is 28.7 Å². The second-order valence-corrected chi connectivity index (χ2v) is 32.2. The van der Waals surface area contributed by atoms with E-state index < -0.39 is 36.3 Å². The number of ketones is 2. The van der Waals surface area contributed by atoms with Crippen LogP contribution in [0.15, 0.2) is 192 Å². The van der Waals surface area contributed by atoms with Crippen LogP contribution in [0.4, 0.5) is 5.82 Å². The number of aromatic nitrogens is 3. The zero-order valence-electron chi connectivity index (χ0n) is 60.9. The Labute approximate surface area is 624 Å². The monoisotopic (exact) mass is 1480 g/mol. The number of pyridine rings is 3. The second kappa shape index (κ2) is 31.7. The van der Waals surface area contributed by atoms with E-state index in [0.717, 1.165) is 119 Å². The number of ether oxygens (including phenoxy) is 5. The van der Waals surface area contributed by atoms with E-state index in [2.05, 4.69) is 20.0 Å². The molecule has 107 heavy (non-hydrogen) atoms. The molecule has 2 amide bonds. The third-order valence-electron chi connectivity index (χ3n) is 21.0. The summed E-state index contributed by atoms with van der Waals surface area (Å²) in [5, 5.41) is 12.6. The number of sulfonamides is 2. The van der Waals surface area contributed by atoms with Crippen molar-refractivity contribution in [3.05, 3.63) is 221 Å². The summed E-state index contributed by atoms with van der Waals surface area (Å²) < 4.78 is 82.3. The van der Waals surface area contributed by atoms with Crippen molar-refractivity contribution < 1.29 is 64.8 Å². The molecular weight excluding hydrogens is 1400 g/mol. The number of aliphatic hydroxyl groups is 1. The van der Waals surface area contributed by atoms with Crippen molar-refractivity contribution in [1.29, 1.82) is 0 Å².